The minimum Gasteiger partial charge on any atom is -0.363 e. The standard InChI is InChI=1S/C23H22N6O2S/c1-4-10-26-32(30,31)19-7-5-6-17(11-19)15(2)27-23-13-21(28-16(3)29-23)18-8-9-20-22(12-18)25-14-24-20/h1,5-9,11-15,26H,10H2,2-3H3,(H,24,25)(H,27,28,29). The van der Waals surface area contributed by atoms with Crippen LogP contribution in [0.3, 0.4) is 0 Å². The molecule has 0 saturated heterocycles. The van der Waals surface area contributed by atoms with E-state index in [0.29, 0.717) is 11.6 Å². The molecule has 0 aliphatic rings. The van der Waals surface area contributed by atoms with Gasteiger partial charge in [-0.1, -0.05) is 24.1 Å². The zero-order chi connectivity index (χ0) is 22.7. The average molecular weight is 447 g/mol. The summed E-state index contributed by atoms with van der Waals surface area (Å²) in [4.78, 5) is 16.6. The number of sulfonamides is 1. The van der Waals surface area contributed by atoms with Gasteiger partial charge in [0.25, 0.3) is 0 Å². The van der Waals surface area contributed by atoms with Crippen LogP contribution < -0.4 is 10.0 Å². The average Bonchev–Trinajstić information content (AvgIpc) is 3.25. The Morgan fingerprint density at radius 3 is 2.81 bits per heavy atom. The van der Waals surface area contributed by atoms with Crippen LogP contribution in [0, 0.1) is 19.3 Å². The van der Waals surface area contributed by atoms with Crippen molar-refractivity contribution in [3.63, 3.8) is 0 Å². The van der Waals surface area contributed by atoms with Gasteiger partial charge in [-0.3, -0.25) is 0 Å². The van der Waals surface area contributed by atoms with E-state index in [9.17, 15) is 8.42 Å². The number of rotatable bonds is 7. The van der Waals surface area contributed by atoms with Crippen LogP contribution in [0.5, 0.6) is 0 Å². The van der Waals surface area contributed by atoms with Crippen LogP contribution in [0.4, 0.5) is 5.82 Å². The van der Waals surface area contributed by atoms with Crippen molar-refractivity contribution in [2.45, 2.75) is 24.8 Å². The monoisotopic (exact) mass is 446 g/mol. The highest BCUT2D eigenvalue weighted by Gasteiger charge is 2.16. The van der Waals surface area contributed by atoms with Gasteiger partial charge in [0.05, 0.1) is 34.5 Å². The lowest BCUT2D eigenvalue weighted by molar-refractivity contribution is 0.586. The van der Waals surface area contributed by atoms with E-state index in [1.807, 2.05) is 44.2 Å². The largest absolute Gasteiger partial charge is 0.363 e. The van der Waals surface area contributed by atoms with E-state index in [1.54, 1.807) is 18.5 Å². The molecular weight excluding hydrogens is 424 g/mol. The van der Waals surface area contributed by atoms with Crippen LogP contribution in [-0.2, 0) is 10.0 Å². The van der Waals surface area contributed by atoms with Crippen LogP contribution in [0.1, 0.15) is 24.4 Å². The number of nitrogens with one attached hydrogen (secondary N) is 3. The quantitative estimate of drug-likeness (QED) is 0.375. The van der Waals surface area contributed by atoms with Crippen LogP contribution >= 0.6 is 0 Å². The zero-order valence-electron chi connectivity index (χ0n) is 17.6. The molecule has 0 bridgehead atoms. The Labute approximate surface area is 186 Å². The Kier molecular flexibility index (Phi) is 5.90. The molecule has 2 aromatic heterocycles. The van der Waals surface area contributed by atoms with E-state index in [-0.39, 0.29) is 17.5 Å². The second-order valence-electron chi connectivity index (χ2n) is 7.29. The molecule has 0 aliphatic heterocycles. The number of anilines is 1. The summed E-state index contributed by atoms with van der Waals surface area (Å²) in [6, 6.07) is 14.3. The maximum absolute atomic E-state index is 12.4. The van der Waals surface area contributed by atoms with Crippen LogP contribution in [0.15, 0.2) is 59.8 Å². The number of imidazole rings is 1. The predicted molar refractivity (Wildman–Crippen MR) is 124 cm³/mol. The van der Waals surface area contributed by atoms with E-state index >= 15 is 0 Å². The fourth-order valence-electron chi connectivity index (χ4n) is 3.36. The number of benzene rings is 2. The van der Waals surface area contributed by atoms with Crippen molar-refractivity contribution in [1.82, 2.24) is 24.7 Å². The number of hydrogen-bond acceptors (Lipinski definition) is 6. The molecule has 0 amide bonds. The number of hydrogen-bond donors (Lipinski definition) is 3. The fraction of sp³-hybridized carbons (Fsp3) is 0.174. The number of aromatic nitrogens is 4. The van der Waals surface area contributed by atoms with Gasteiger partial charge in [0, 0.05) is 17.7 Å². The zero-order valence-corrected chi connectivity index (χ0v) is 18.4. The molecule has 4 rings (SSSR count). The van der Waals surface area contributed by atoms with E-state index in [2.05, 4.69) is 35.9 Å². The molecule has 162 valence electrons. The number of aryl methyl sites for hydroxylation is 1. The third-order valence-electron chi connectivity index (χ3n) is 4.95. The predicted octanol–water partition coefficient (Wildman–Crippen LogP) is 3.41. The van der Waals surface area contributed by atoms with Crippen molar-refractivity contribution in [1.29, 1.82) is 0 Å². The lowest BCUT2D eigenvalue weighted by atomic mass is 10.1. The summed E-state index contributed by atoms with van der Waals surface area (Å²) in [5, 5.41) is 3.34. The van der Waals surface area contributed by atoms with Crippen LogP contribution in [0.25, 0.3) is 22.3 Å². The Morgan fingerprint density at radius 2 is 2.00 bits per heavy atom. The Bertz CT molecular complexity index is 1420. The van der Waals surface area contributed by atoms with Gasteiger partial charge in [0.15, 0.2) is 0 Å². The van der Waals surface area contributed by atoms with E-state index in [1.165, 1.54) is 6.07 Å². The Balaban J connectivity index is 1.59. The maximum atomic E-state index is 12.4. The van der Waals surface area contributed by atoms with Crippen LogP contribution in [-0.4, -0.2) is 34.9 Å². The molecule has 0 fully saturated rings. The summed E-state index contributed by atoms with van der Waals surface area (Å²) in [6.45, 7) is 3.71. The highest BCUT2D eigenvalue weighted by molar-refractivity contribution is 7.89. The van der Waals surface area contributed by atoms with Gasteiger partial charge < -0.3 is 10.3 Å². The smallest absolute Gasteiger partial charge is 0.241 e. The molecule has 0 saturated carbocycles. The summed E-state index contributed by atoms with van der Waals surface area (Å²) in [6.07, 6.45) is 6.82. The van der Waals surface area contributed by atoms with Gasteiger partial charge in [-0.2, -0.15) is 4.72 Å². The molecule has 32 heavy (non-hydrogen) atoms. The van der Waals surface area contributed by atoms with E-state index in [4.69, 9.17) is 6.42 Å². The summed E-state index contributed by atoms with van der Waals surface area (Å²) >= 11 is 0. The molecular formula is C23H22N6O2S. The molecule has 4 aromatic rings. The first-order valence-electron chi connectivity index (χ1n) is 9.94. The molecule has 2 heterocycles. The second kappa shape index (κ2) is 8.78. The summed E-state index contributed by atoms with van der Waals surface area (Å²) in [7, 11) is -3.67. The molecule has 0 spiro atoms. The van der Waals surface area contributed by atoms with Gasteiger partial charge >= 0.3 is 0 Å². The lowest BCUT2D eigenvalue weighted by Crippen LogP contribution is -2.24. The SMILES string of the molecule is C#CCNS(=O)(=O)c1cccc(C(C)Nc2cc(-c3ccc4nc[nH]c4c3)nc(C)n2)c1. The number of fused-ring (bicyclic) bond motifs is 1. The minimum atomic E-state index is -3.67. The Morgan fingerprint density at radius 1 is 1.16 bits per heavy atom. The van der Waals surface area contributed by atoms with Crippen molar-refractivity contribution in [2.24, 2.45) is 0 Å². The highest BCUT2D eigenvalue weighted by atomic mass is 32.2. The molecule has 1 unspecified atom stereocenters. The van der Waals surface area contributed by atoms with Gasteiger partial charge in [0.1, 0.15) is 11.6 Å². The molecule has 0 aliphatic carbocycles. The summed E-state index contributed by atoms with van der Waals surface area (Å²) in [5.74, 6) is 3.54. The maximum Gasteiger partial charge on any atom is 0.241 e. The molecule has 8 nitrogen and oxygen atoms in total. The number of terminal acetylenes is 1. The molecule has 3 N–H and O–H groups in total. The number of H-pyrrole nitrogens is 1. The first kappa shape index (κ1) is 21.5. The second-order valence-corrected chi connectivity index (χ2v) is 9.05. The minimum absolute atomic E-state index is 0.0618. The van der Waals surface area contributed by atoms with Gasteiger partial charge in [-0.05, 0) is 43.7 Å². The number of nitrogens with zero attached hydrogens (tertiary/aromatic N) is 3. The first-order valence-corrected chi connectivity index (χ1v) is 11.4. The fourth-order valence-corrected chi connectivity index (χ4v) is 4.35. The Hall–Kier alpha value is -3.74. The number of aromatic amines is 1. The highest BCUT2D eigenvalue weighted by Crippen LogP contribution is 2.26. The van der Waals surface area contributed by atoms with Crippen LogP contribution in [0.2, 0.25) is 0 Å². The summed E-state index contributed by atoms with van der Waals surface area (Å²) < 4.78 is 27.2. The van der Waals surface area contributed by atoms with Crippen molar-refractivity contribution in [3.8, 4) is 23.6 Å². The topological polar surface area (TPSA) is 113 Å². The van der Waals surface area contributed by atoms with Crippen molar-refractivity contribution in [3.05, 3.63) is 66.2 Å². The lowest BCUT2D eigenvalue weighted by Gasteiger charge is -2.17. The normalized spacial score (nSPS) is 12.4. The molecule has 0 radical (unpaired) electrons. The van der Waals surface area contributed by atoms with Crippen molar-refractivity contribution >= 4 is 26.9 Å². The third-order valence-corrected chi connectivity index (χ3v) is 6.35. The third kappa shape index (κ3) is 4.61. The molecule has 9 heteroatoms. The van der Waals surface area contributed by atoms with Gasteiger partial charge in [-0.15, -0.1) is 6.42 Å². The van der Waals surface area contributed by atoms with E-state index < -0.39 is 10.0 Å². The van der Waals surface area contributed by atoms with E-state index in [0.717, 1.165) is 27.9 Å². The molecule has 2 aromatic carbocycles. The van der Waals surface area contributed by atoms with Crippen molar-refractivity contribution < 1.29 is 8.42 Å². The summed E-state index contributed by atoms with van der Waals surface area (Å²) in [5.41, 5.74) is 4.33. The molecule has 1 atom stereocenters. The van der Waals surface area contributed by atoms with Gasteiger partial charge in [0.2, 0.25) is 10.0 Å². The van der Waals surface area contributed by atoms with Gasteiger partial charge in [-0.25, -0.2) is 23.4 Å². The van der Waals surface area contributed by atoms with Crippen molar-refractivity contribution in [2.75, 3.05) is 11.9 Å². The first-order chi connectivity index (χ1) is 15.4.